The maximum atomic E-state index is 9.83. The summed E-state index contributed by atoms with van der Waals surface area (Å²) in [6.07, 6.45) is 1.88. The van der Waals surface area contributed by atoms with Crippen molar-refractivity contribution in [3.05, 3.63) is 242 Å². The second-order valence-corrected chi connectivity index (χ2v) is 18.8. The smallest absolute Gasteiger partial charge is 0.333 e. The molecular formula is C68H49BFN2O2. The third-order valence-corrected chi connectivity index (χ3v) is 15.0. The number of hydrogen-bond donors (Lipinski definition) is 0. The molecule has 2 aromatic heterocycles. The molecule has 0 aliphatic rings. The van der Waals surface area contributed by atoms with Crippen molar-refractivity contribution in [2.24, 2.45) is 0 Å². The molecule has 0 atom stereocenters. The van der Waals surface area contributed by atoms with Crippen LogP contribution in [0.1, 0.15) is 25.0 Å². The predicted octanol–water partition coefficient (Wildman–Crippen LogP) is 19.6. The minimum atomic E-state index is -0.250. The Hall–Kier alpha value is -9.13. The second-order valence-electron chi connectivity index (χ2n) is 18.8. The van der Waals surface area contributed by atoms with Crippen LogP contribution in [0, 0.1) is 0 Å². The lowest BCUT2D eigenvalue weighted by Gasteiger charge is -2.29. The SMILES string of the molecule is CCc1ccccc1-c1cccc2c1oc1c(N(c3ccccc3)c3ccc4ccc5c(N(c6ccccc6)c6cccc7c6oc6c(-c8ccccc8CC)cccc67)ccc6ccc3c4c65)cccc12.[2H][B]F. The van der Waals surface area contributed by atoms with Crippen molar-refractivity contribution >= 4 is 118 Å². The fourth-order valence-electron chi connectivity index (χ4n) is 11.7. The molecule has 0 spiro atoms. The van der Waals surface area contributed by atoms with Crippen LogP contribution in [-0.2, 0) is 12.8 Å². The van der Waals surface area contributed by atoms with Crippen LogP contribution >= 0.6 is 0 Å². The Morgan fingerprint density at radius 1 is 0.351 bits per heavy atom. The predicted molar refractivity (Wildman–Crippen MR) is 312 cm³/mol. The molecule has 0 aliphatic carbocycles. The number of rotatable bonds is 10. The molecule has 6 heteroatoms. The lowest BCUT2D eigenvalue weighted by atomic mass is 9.91. The molecule has 353 valence electrons. The molecule has 0 N–H and O–H groups in total. The fraction of sp³-hybridized carbons (Fsp3) is 0.0588. The number of nitrogens with zero attached hydrogens (tertiary/aromatic N) is 2. The standard InChI is InChI=1S/C68H48N2O2.BFH/c1-3-43-19-11-13-25-49(43)51-27-15-29-53-55-31-17-33-61(67(55)71-65(51)53)69(47-21-7-5-8-22-47)59-41-37-45-36-40-58-60(42-38-46-35-39-57(59)63(45)64(46)58)70(48-23-9-6-10-24-48)62-34-18-32-56-54-30-16-28-52(66(54)72-68(56)62)50-26-14-12-20-44(50)4-2;1-2/h5-42H,3-4H2,1-2H3;1H/i;1D. The van der Waals surface area contributed by atoms with Gasteiger partial charge in [-0.1, -0.05) is 196 Å². The number of anilines is 6. The van der Waals surface area contributed by atoms with Crippen molar-refractivity contribution < 1.29 is 13.1 Å². The zero-order valence-electron chi connectivity index (χ0n) is 42.0. The van der Waals surface area contributed by atoms with Crippen LogP contribution in [0.3, 0.4) is 0 Å². The highest BCUT2D eigenvalue weighted by molar-refractivity contribution is 6.29. The summed E-state index contributed by atoms with van der Waals surface area (Å²) in [5.41, 5.74) is 17.0. The molecule has 2 heterocycles. The van der Waals surface area contributed by atoms with Gasteiger partial charge >= 0.3 is 8.09 Å². The van der Waals surface area contributed by atoms with E-state index in [4.69, 9.17) is 10.2 Å². The van der Waals surface area contributed by atoms with Gasteiger partial charge in [-0.3, -0.25) is 0 Å². The Labute approximate surface area is 431 Å². The summed E-state index contributed by atoms with van der Waals surface area (Å²) in [6.45, 7) is 4.44. The minimum Gasteiger partial charge on any atom is -0.453 e. The summed E-state index contributed by atoms with van der Waals surface area (Å²) in [7, 11) is -0.250. The number of benzene rings is 12. The van der Waals surface area contributed by atoms with Crippen LogP contribution in [0.5, 0.6) is 0 Å². The van der Waals surface area contributed by atoms with Crippen LogP contribution in [0.15, 0.2) is 239 Å². The lowest BCUT2D eigenvalue weighted by Crippen LogP contribution is -2.11. The summed E-state index contributed by atoms with van der Waals surface area (Å²) in [5.74, 6) is 0. The highest BCUT2D eigenvalue weighted by atomic mass is 19.1. The highest BCUT2D eigenvalue weighted by Crippen LogP contribution is 2.51. The van der Waals surface area contributed by atoms with Gasteiger partial charge in [-0.15, -0.1) is 0 Å². The molecule has 0 saturated heterocycles. The minimum absolute atomic E-state index is 0.250. The summed E-state index contributed by atoms with van der Waals surface area (Å²) in [6, 6.07) is 83.4. The Balaban J connectivity index is 0.00000176. The number of aryl methyl sites for hydroxylation is 2. The molecule has 4 nitrogen and oxygen atoms in total. The van der Waals surface area contributed by atoms with Crippen molar-refractivity contribution in [1.82, 2.24) is 0 Å². The molecule has 74 heavy (non-hydrogen) atoms. The molecule has 14 rings (SSSR count). The monoisotopic (exact) mass is 956 g/mol. The van der Waals surface area contributed by atoms with E-state index < -0.39 is 0 Å². The average Bonchev–Trinajstić information content (AvgIpc) is 4.08. The average molecular weight is 957 g/mol. The van der Waals surface area contributed by atoms with Crippen molar-refractivity contribution in [2.75, 3.05) is 9.80 Å². The largest absolute Gasteiger partial charge is 0.453 e. The van der Waals surface area contributed by atoms with Gasteiger partial charge in [-0.2, -0.15) is 0 Å². The summed E-state index contributed by atoms with van der Waals surface area (Å²) in [4.78, 5) is 4.78. The van der Waals surface area contributed by atoms with E-state index in [0.717, 1.165) is 113 Å². The van der Waals surface area contributed by atoms with E-state index in [1.54, 1.807) is 0 Å². The normalized spacial score (nSPS) is 11.7. The summed E-state index contributed by atoms with van der Waals surface area (Å²) in [5, 5.41) is 11.5. The van der Waals surface area contributed by atoms with Crippen LogP contribution in [0.25, 0.3) is 98.4 Å². The quantitative estimate of drug-likeness (QED) is 0.101. The zero-order chi connectivity index (χ0) is 50.6. The van der Waals surface area contributed by atoms with Crippen molar-refractivity contribution in [3.63, 3.8) is 0 Å². The number of halogens is 1. The highest BCUT2D eigenvalue weighted by Gasteiger charge is 2.26. The maximum absolute atomic E-state index is 9.83. The molecular weight excluding hydrogens is 907 g/mol. The number of para-hydroxylation sites is 6. The van der Waals surface area contributed by atoms with Crippen molar-refractivity contribution in [1.29, 1.82) is 1.34 Å². The zero-order valence-corrected chi connectivity index (χ0v) is 41.0. The first kappa shape index (κ1) is 43.6. The van der Waals surface area contributed by atoms with Gasteiger partial charge in [0.05, 0.1) is 22.7 Å². The molecule has 0 unspecified atom stereocenters. The fourth-order valence-corrected chi connectivity index (χ4v) is 11.7. The van der Waals surface area contributed by atoms with Crippen LogP contribution in [-0.4, -0.2) is 9.42 Å². The third kappa shape index (κ3) is 7.04. The van der Waals surface area contributed by atoms with Crippen LogP contribution in [0.2, 0.25) is 0 Å². The molecule has 0 aliphatic heterocycles. The van der Waals surface area contributed by atoms with Gasteiger partial charge < -0.3 is 22.9 Å². The topological polar surface area (TPSA) is 32.8 Å². The first-order chi connectivity index (χ1) is 37.1. The molecule has 12 aromatic carbocycles. The van der Waals surface area contributed by atoms with E-state index in [2.05, 4.69) is 254 Å². The third-order valence-electron chi connectivity index (χ3n) is 15.0. The van der Waals surface area contributed by atoms with Crippen molar-refractivity contribution in [3.8, 4) is 22.3 Å². The lowest BCUT2D eigenvalue weighted by molar-refractivity contribution is 0.669. The van der Waals surface area contributed by atoms with Crippen molar-refractivity contribution in [2.45, 2.75) is 26.7 Å². The molecule has 0 fully saturated rings. The second kappa shape index (κ2) is 18.5. The number of fused-ring (bicyclic) bond motifs is 6. The first-order valence-electron chi connectivity index (χ1n) is 25.9. The van der Waals surface area contributed by atoms with Gasteiger partial charge in [-0.25, -0.2) is 0 Å². The van der Waals surface area contributed by atoms with E-state index in [-0.39, 0.29) is 8.09 Å². The van der Waals surface area contributed by atoms with E-state index in [9.17, 15) is 4.32 Å². The van der Waals surface area contributed by atoms with Gasteiger partial charge in [0, 0.05) is 56.2 Å². The molecule has 1 radical (unpaired) electrons. The van der Waals surface area contributed by atoms with Crippen LogP contribution in [0.4, 0.5) is 38.4 Å². The first-order valence-corrected chi connectivity index (χ1v) is 25.3. The Morgan fingerprint density at radius 3 is 1.12 bits per heavy atom. The molecule has 0 bridgehead atoms. The Morgan fingerprint density at radius 2 is 0.703 bits per heavy atom. The van der Waals surface area contributed by atoms with E-state index in [1.807, 2.05) is 0 Å². The van der Waals surface area contributed by atoms with Gasteiger partial charge in [0.25, 0.3) is 0 Å². The van der Waals surface area contributed by atoms with Gasteiger partial charge in [-0.05, 0) is 105 Å². The van der Waals surface area contributed by atoms with Crippen LogP contribution < -0.4 is 9.80 Å². The van der Waals surface area contributed by atoms with E-state index in [0.29, 0.717) is 0 Å². The van der Waals surface area contributed by atoms with E-state index >= 15 is 0 Å². The Bertz CT molecular complexity index is 4140. The molecule has 0 amide bonds. The van der Waals surface area contributed by atoms with Gasteiger partial charge in [0.2, 0.25) is 0 Å². The summed E-state index contributed by atoms with van der Waals surface area (Å²) >= 11 is 0. The Kier molecular flexibility index (Phi) is 10.9. The molecule has 14 aromatic rings. The van der Waals surface area contributed by atoms with Gasteiger partial charge in [0.1, 0.15) is 11.2 Å². The van der Waals surface area contributed by atoms with Gasteiger partial charge in [0.15, 0.2) is 11.2 Å². The van der Waals surface area contributed by atoms with E-state index in [1.165, 1.54) is 43.8 Å². The number of furan rings is 2. The number of hydrogen-bond acceptors (Lipinski definition) is 4. The summed E-state index contributed by atoms with van der Waals surface area (Å²) < 4.78 is 29.6. The molecule has 0 saturated carbocycles. The maximum Gasteiger partial charge on any atom is 0.333 e.